The minimum absolute atomic E-state index is 0.0913. The lowest BCUT2D eigenvalue weighted by molar-refractivity contribution is -0.120. The Labute approximate surface area is 174 Å². The first-order chi connectivity index (χ1) is 13.8. The summed E-state index contributed by atoms with van der Waals surface area (Å²) in [5, 5.41) is 2.92. The number of hydrogen-bond donors (Lipinski definition) is 1. The smallest absolute Gasteiger partial charge is 0.243 e. The first kappa shape index (κ1) is 21.5. The van der Waals surface area contributed by atoms with Crippen LogP contribution in [-0.4, -0.2) is 38.3 Å². The highest BCUT2D eigenvalue weighted by Crippen LogP contribution is 2.30. The van der Waals surface area contributed by atoms with Crippen LogP contribution in [-0.2, 0) is 14.8 Å². The SMILES string of the molecule is CCOc1ccc(S(=O)(=O)N2CCC(C(=O)Nc3cccc(F)c3)CC2)cc1Cl. The molecule has 1 aliphatic rings. The second-order valence-electron chi connectivity index (χ2n) is 6.70. The van der Waals surface area contributed by atoms with Crippen molar-refractivity contribution in [2.75, 3.05) is 25.0 Å². The lowest BCUT2D eigenvalue weighted by Crippen LogP contribution is -2.41. The molecule has 0 spiro atoms. The molecule has 0 aromatic heterocycles. The number of benzene rings is 2. The normalized spacial score (nSPS) is 15.8. The van der Waals surface area contributed by atoms with Gasteiger partial charge in [-0.25, -0.2) is 12.8 Å². The molecule has 0 unspecified atom stereocenters. The van der Waals surface area contributed by atoms with E-state index in [-0.39, 0.29) is 34.8 Å². The van der Waals surface area contributed by atoms with Gasteiger partial charge in [0.05, 0.1) is 16.5 Å². The molecule has 29 heavy (non-hydrogen) atoms. The third kappa shape index (κ3) is 5.07. The minimum atomic E-state index is -3.72. The number of anilines is 1. The van der Waals surface area contributed by atoms with Crippen molar-refractivity contribution in [3.05, 3.63) is 53.3 Å². The first-order valence-corrected chi connectivity index (χ1v) is 11.1. The van der Waals surface area contributed by atoms with Crippen LogP contribution < -0.4 is 10.1 Å². The van der Waals surface area contributed by atoms with E-state index in [4.69, 9.17) is 16.3 Å². The van der Waals surface area contributed by atoms with E-state index in [9.17, 15) is 17.6 Å². The lowest BCUT2D eigenvalue weighted by Gasteiger charge is -2.30. The van der Waals surface area contributed by atoms with Crippen molar-refractivity contribution in [2.45, 2.75) is 24.7 Å². The van der Waals surface area contributed by atoms with Crippen LogP contribution in [0.4, 0.5) is 10.1 Å². The highest BCUT2D eigenvalue weighted by Gasteiger charge is 2.32. The molecular weight excluding hydrogens is 419 g/mol. The number of piperidine rings is 1. The summed E-state index contributed by atoms with van der Waals surface area (Å²) < 4.78 is 45.7. The van der Waals surface area contributed by atoms with Crippen LogP contribution in [0.15, 0.2) is 47.4 Å². The van der Waals surface area contributed by atoms with Gasteiger partial charge in [-0.1, -0.05) is 17.7 Å². The molecule has 9 heteroatoms. The number of carbonyl (C=O) groups is 1. The van der Waals surface area contributed by atoms with Gasteiger partial charge in [0, 0.05) is 24.7 Å². The molecule has 0 atom stereocenters. The summed E-state index contributed by atoms with van der Waals surface area (Å²) in [5.41, 5.74) is 0.383. The number of nitrogens with one attached hydrogen (secondary N) is 1. The molecule has 6 nitrogen and oxygen atoms in total. The van der Waals surface area contributed by atoms with E-state index >= 15 is 0 Å². The van der Waals surface area contributed by atoms with E-state index in [1.54, 1.807) is 6.07 Å². The molecule has 3 rings (SSSR count). The fourth-order valence-corrected chi connectivity index (χ4v) is 5.03. The lowest BCUT2D eigenvalue weighted by atomic mass is 9.97. The van der Waals surface area contributed by atoms with Crippen LogP contribution in [0.1, 0.15) is 19.8 Å². The second kappa shape index (κ2) is 9.11. The Bertz CT molecular complexity index is 992. The molecule has 156 valence electrons. The van der Waals surface area contributed by atoms with Crippen LogP contribution in [0.2, 0.25) is 5.02 Å². The number of carbonyl (C=O) groups excluding carboxylic acids is 1. The van der Waals surface area contributed by atoms with Crippen molar-refractivity contribution < 1.29 is 22.3 Å². The molecule has 2 aromatic carbocycles. The van der Waals surface area contributed by atoms with Crippen LogP contribution in [0.5, 0.6) is 5.75 Å². The van der Waals surface area contributed by atoms with Crippen molar-refractivity contribution in [3.63, 3.8) is 0 Å². The summed E-state index contributed by atoms with van der Waals surface area (Å²) in [6, 6.07) is 10.1. The largest absolute Gasteiger partial charge is 0.492 e. The van der Waals surface area contributed by atoms with Crippen molar-refractivity contribution in [2.24, 2.45) is 5.92 Å². The second-order valence-corrected chi connectivity index (χ2v) is 9.05. The fraction of sp³-hybridized carbons (Fsp3) is 0.350. The summed E-state index contributed by atoms with van der Waals surface area (Å²) in [7, 11) is -3.72. The summed E-state index contributed by atoms with van der Waals surface area (Å²) in [5.74, 6) is -0.580. The molecule has 2 aromatic rings. The zero-order valence-electron chi connectivity index (χ0n) is 15.9. The van der Waals surface area contributed by atoms with Crippen molar-refractivity contribution in [1.29, 1.82) is 0 Å². The van der Waals surface area contributed by atoms with Crippen molar-refractivity contribution in [3.8, 4) is 5.75 Å². The summed E-state index contributed by atoms with van der Waals surface area (Å²) in [6.45, 7) is 2.68. The maximum atomic E-state index is 13.3. The predicted molar refractivity (Wildman–Crippen MR) is 109 cm³/mol. The Hall–Kier alpha value is -2.16. The molecule has 1 heterocycles. The van der Waals surface area contributed by atoms with Gasteiger partial charge >= 0.3 is 0 Å². The monoisotopic (exact) mass is 440 g/mol. The number of sulfonamides is 1. The number of nitrogens with zero attached hydrogens (tertiary/aromatic N) is 1. The predicted octanol–water partition coefficient (Wildman–Crippen LogP) is 3.92. The van der Waals surface area contributed by atoms with Gasteiger partial charge in [-0.15, -0.1) is 0 Å². The molecule has 1 amide bonds. The third-order valence-electron chi connectivity index (χ3n) is 4.76. The molecule has 1 fully saturated rings. The molecule has 1 N–H and O–H groups in total. The van der Waals surface area contributed by atoms with E-state index in [1.165, 1.54) is 40.7 Å². The van der Waals surface area contributed by atoms with Crippen molar-refractivity contribution >= 4 is 33.2 Å². The number of rotatable bonds is 6. The maximum Gasteiger partial charge on any atom is 0.243 e. The molecular formula is C20H22ClFN2O4S. The average Bonchev–Trinajstić information content (AvgIpc) is 2.69. The summed E-state index contributed by atoms with van der Waals surface area (Å²) >= 11 is 6.12. The van der Waals surface area contributed by atoms with E-state index in [0.717, 1.165) is 0 Å². The van der Waals surface area contributed by atoms with Gasteiger partial charge in [0.2, 0.25) is 15.9 Å². The van der Waals surface area contributed by atoms with Crippen molar-refractivity contribution in [1.82, 2.24) is 4.31 Å². The zero-order valence-corrected chi connectivity index (χ0v) is 17.5. The topological polar surface area (TPSA) is 75.7 Å². The molecule has 1 aliphatic heterocycles. The maximum absolute atomic E-state index is 13.3. The van der Waals surface area contributed by atoms with E-state index in [1.807, 2.05) is 6.92 Å². The third-order valence-corrected chi connectivity index (χ3v) is 6.95. The summed E-state index contributed by atoms with van der Waals surface area (Å²) in [4.78, 5) is 12.5. The van der Waals surface area contributed by atoms with Gasteiger partial charge in [0.25, 0.3) is 0 Å². The standard InChI is InChI=1S/C20H22ClFN2O4S/c1-2-28-19-7-6-17(13-18(19)21)29(26,27)24-10-8-14(9-11-24)20(25)23-16-5-3-4-15(22)12-16/h3-7,12-14H,2,8-11H2,1H3,(H,23,25). The van der Waals surface area contributed by atoms with Gasteiger partial charge in [-0.05, 0) is 56.2 Å². The number of halogens is 2. The molecule has 1 saturated heterocycles. The fourth-order valence-electron chi connectivity index (χ4n) is 3.23. The summed E-state index contributed by atoms with van der Waals surface area (Å²) in [6.07, 6.45) is 0.760. The quantitative estimate of drug-likeness (QED) is 0.738. The van der Waals surface area contributed by atoms with Gasteiger partial charge in [-0.3, -0.25) is 4.79 Å². The van der Waals surface area contributed by atoms with E-state index in [2.05, 4.69) is 5.32 Å². The van der Waals surface area contributed by atoms with Gasteiger partial charge < -0.3 is 10.1 Å². The Morgan fingerprint density at radius 3 is 2.59 bits per heavy atom. The first-order valence-electron chi connectivity index (χ1n) is 9.30. The Kier molecular flexibility index (Phi) is 6.77. The average molecular weight is 441 g/mol. The molecule has 0 radical (unpaired) electrons. The number of amides is 1. The Morgan fingerprint density at radius 2 is 1.97 bits per heavy atom. The Balaban J connectivity index is 1.63. The molecule has 0 saturated carbocycles. The van der Waals surface area contributed by atoms with E-state index in [0.29, 0.717) is 30.9 Å². The van der Waals surface area contributed by atoms with Crippen LogP contribution >= 0.6 is 11.6 Å². The zero-order chi connectivity index (χ0) is 21.0. The van der Waals surface area contributed by atoms with E-state index < -0.39 is 15.8 Å². The number of hydrogen-bond acceptors (Lipinski definition) is 4. The highest BCUT2D eigenvalue weighted by molar-refractivity contribution is 7.89. The highest BCUT2D eigenvalue weighted by atomic mass is 35.5. The van der Waals surface area contributed by atoms with Crippen LogP contribution in [0.25, 0.3) is 0 Å². The van der Waals surface area contributed by atoms with Gasteiger partial charge in [-0.2, -0.15) is 4.31 Å². The minimum Gasteiger partial charge on any atom is -0.492 e. The van der Waals surface area contributed by atoms with Gasteiger partial charge in [0.15, 0.2) is 0 Å². The van der Waals surface area contributed by atoms with Crippen LogP contribution in [0, 0.1) is 11.7 Å². The molecule has 0 aliphatic carbocycles. The Morgan fingerprint density at radius 1 is 1.24 bits per heavy atom. The molecule has 0 bridgehead atoms. The number of ether oxygens (including phenoxy) is 1. The van der Waals surface area contributed by atoms with Crippen LogP contribution in [0.3, 0.4) is 0 Å². The van der Waals surface area contributed by atoms with Gasteiger partial charge in [0.1, 0.15) is 11.6 Å².